The summed E-state index contributed by atoms with van der Waals surface area (Å²) in [5.74, 6) is 2.01. The number of benzene rings is 2. The lowest BCUT2D eigenvalue weighted by atomic mass is 10.0. The van der Waals surface area contributed by atoms with Crippen molar-refractivity contribution in [2.24, 2.45) is 5.73 Å². The molecule has 0 unspecified atom stereocenters. The maximum atomic E-state index is 6.08. The molecule has 0 spiro atoms. The van der Waals surface area contributed by atoms with Crippen molar-refractivity contribution in [1.82, 2.24) is 0 Å². The van der Waals surface area contributed by atoms with Crippen LogP contribution < -0.4 is 10.5 Å². The summed E-state index contributed by atoms with van der Waals surface area (Å²) >= 11 is 5.12. The summed E-state index contributed by atoms with van der Waals surface area (Å²) in [5, 5.41) is 0. The van der Waals surface area contributed by atoms with Gasteiger partial charge in [-0.05, 0) is 49.1 Å². The zero-order valence-electron chi connectivity index (χ0n) is 12.9. The van der Waals surface area contributed by atoms with Gasteiger partial charge in [-0.1, -0.05) is 49.8 Å². The van der Waals surface area contributed by atoms with Crippen molar-refractivity contribution in [1.29, 1.82) is 0 Å². The highest BCUT2D eigenvalue weighted by Gasteiger charge is 2.11. The Balaban J connectivity index is 2.43. The molecule has 2 rings (SSSR count). The summed E-state index contributed by atoms with van der Waals surface area (Å²) < 4.78 is 6.08. The first-order chi connectivity index (χ1) is 9.88. The van der Waals surface area contributed by atoms with Gasteiger partial charge in [-0.15, -0.1) is 0 Å². The Labute approximate surface area is 131 Å². The van der Waals surface area contributed by atoms with E-state index in [4.69, 9.17) is 22.7 Å². The smallest absolute Gasteiger partial charge is 0.137 e. The average Bonchev–Trinajstić information content (AvgIpc) is 2.42. The van der Waals surface area contributed by atoms with Crippen LogP contribution in [-0.4, -0.2) is 4.99 Å². The molecule has 110 valence electrons. The topological polar surface area (TPSA) is 35.2 Å². The van der Waals surface area contributed by atoms with E-state index in [9.17, 15) is 0 Å². The Hall–Kier alpha value is -1.87. The Morgan fingerprint density at radius 2 is 1.76 bits per heavy atom. The van der Waals surface area contributed by atoms with Gasteiger partial charge >= 0.3 is 0 Å². The van der Waals surface area contributed by atoms with Crippen molar-refractivity contribution >= 4 is 17.2 Å². The van der Waals surface area contributed by atoms with Crippen LogP contribution in [0.5, 0.6) is 11.5 Å². The monoisotopic (exact) mass is 299 g/mol. The minimum absolute atomic E-state index is 0.353. The van der Waals surface area contributed by atoms with Gasteiger partial charge in [0.15, 0.2) is 0 Å². The van der Waals surface area contributed by atoms with E-state index in [1.54, 1.807) is 0 Å². The van der Waals surface area contributed by atoms with Crippen LogP contribution in [0.2, 0.25) is 0 Å². The van der Waals surface area contributed by atoms with E-state index in [1.807, 2.05) is 32.0 Å². The van der Waals surface area contributed by atoms with Gasteiger partial charge in [0.1, 0.15) is 16.5 Å². The Bertz CT molecular complexity index is 677. The zero-order chi connectivity index (χ0) is 15.6. The Morgan fingerprint density at radius 3 is 2.38 bits per heavy atom. The summed E-state index contributed by atoms with van der Waals surface area (Å²) in [5.41, 5.74) is 10.0. The first kappa shape index (κ1) is 15.5. The maximum absolute atomic E-state index is 6.08. The van der Waals surface area contributed by atoms with E-state index in [0.29, 0.717) is 16.7 Å². The van der Waals surface area contributed by atoms with E-state index in [2.05, 4.69) is 32.0 Å². The van der Waals surface area contributed by atoms with Crippen molar-refractivity contribution in [2.75, 3.05) is 0 Å². The number of nitrogens with two attached hydrogens (primary N) is 1. The molecule has 0 aliphatic rings. The number of thiocarbonyl (C=S) groups is 1. The second-order valence-electron chi connectivity index (χ2n) is 5.65. The van der Waals surface area contributed by atoms with Gasteiger partial charge in [0.2, 0.25) is 0 Å². The summed E-state index contributed by atoms with van der Waals surface area (Å²) in [6, 6.07) is 12.2. The van der Waals surface area contributed by atoms with Crippen LogP contribution in [0.1, 0.15) is 42.0 Å². The third kappa shape index (κ3) is 3.61. The molecular formula is C18H21NOS. The van der Waals surface area contributed by atoms with Gasteiger partial charge in [0.05, 0.1) is 5.56 Å². The Kier molecular flexibility index (Phi) is 4.63. The first-order valence-corrected chi connectivity index (χ1v) is 7.48. The lowest BCUT2D eigenvalue weighted by Crippen LogP contribution is -2.11. The number of aryl methyl sites for hydroxylation is 2. The normalized spacial score (nSPS) is 10.7. The fourth-order valence-electron chi connectivity index (χ4n) is 2.13. The molecule has 0 aliphatic carbocycles. The van der Waals surface area contributed by atoms with Crippen LogP contribution in [-0.2, 0) is 0 Å². The van der Waals surface area contributed by atoms with Crippen LogP contribution in [0.15, 0.2) is 36.4 Å². The van der Waals surface area contributed by atoms with Crippen molar-refractivity contribution in [3.63, 3.8) is 0 Å². The SMILES string of the molecule is Cc1ccc(Oc2cc(C(C)C)ccc2C)c(C(N)=S)c1. The highest BCUT2D eigenvalue weighted by atomic mass is 32.1. The Morgan fingerprint density at radius 1 is 1.05 bits per heavy atom. The van der Waals surface area contributed by atoms with E-state index in [-0.39, 0.29) is 0 Å². The lowest BCUT2D eigenvalue weighted by Gasteiger charge is -2.15. The van der Waals surface area contributed by atoms with Crippen molar-refractivity contribution in [3.05, 3.63) is 58.7 Å². The highest BCUT2D eigenvalue weighted by molar-refractivity contribution is 7.80. The maximum Gasteiger partial charge on any atom is 0.137 e. The van der Waals surface area contributed by atoms with Gasteiger partial charge in [-0.25, -0.2) is 0 Å². The predicted octanol–water partition coefficient (Wildman–Crippen LogP) is 4.85. The molecule has 0 saturated heterocycles. The molecule has 0 fully saturated rings. The molecule has 0 bridgehead atoms. The third-order valence-corrected chi connectivity index (χ3v) is 3.72. The lowest BCUT2D eigenvalue weighted by molar-refractivity contribution is 0.476. The van der Waals surface area contributed by atoms with E-state index < -0.39 is 0 Å². The molecular weight excluding hydrogens is 278 g/mol. The molecule has 0 radical (unpaired) electrons. The summed E-state index contributed by atoms with van der Waals surface area (Å²) in [4.78, 5) is 0.353. The summed E-state index contributed by atoms with van der Waals surface area (Å²) in [6.07, 6.45) is 0. The molecule has 0 aromatic heterocycles. The van der Waals surface area contributed by atoms with Crippen LogP contribution in [0.3, 0.4) is 0 Å². The third-order valence-electron chi connectivity index (χ3n) is 3.50. The number of hydrogen-bond acceptors (Lipinski definition) is 2. The number of ether oxygens (including phenoxy) is 1. The summed E-state index contributed by atoms with van der Waals surface area (Å²) in [7, 11) is 0. The van der Waals surface area contributed by atoms with Gasteiger partial charge in [-0.3, -0.25) is 0 Å². The second kappa shape index (κ2) is 6.27. The van der Waals surface area contributed by atoms with Gasteiger partial charge in [0, 0.05) is 0 Å². The van der Waals surface area contributed by atoms with Gasteiger partial charge in [0.25, 0.3) is 0 Å². The largest absolute Gasteiger partial charge is 0.456 e. The average molecular weight is 299 g/mol. The minimum Gasteiger partial charge on any atom is -0.456 e. The molecule has 0 saturated carbocycles. The van der Waals surface area contributed by atoms with Crippen LogP contribution in [0.25, 0.3) is 0 Å². The molecule has 2 aromatic carbocycles. The summed E-state index contributed by atoms with van der Waals surface area (Å²) in [6.45, 7) is 8.38. The number of hydrogen-bond donors (Lipinski definition) is 1. The molecule has 0 amide bonds. The van der Waals surface area contributed by atoms with Crippen LogP contribution in [0, 0.1) is 13.8 Å². The molecule has 0 aliphatic heterocycles. The highest BCUT2D eigenvalue weighted by Crippen LogP contribution is 2.31. The molecule has 0 atom stereocenters. The minimum atomic E-state index is 0.353. The quantitative estimate of drug-likeness (QED) is 0.819. The fraction of sp³-hybridized carbons (Fsp3) is 0.278. The molecule has 2 aromatic rings. The molecule has 3 heteroatoms. The molecule has 2 nitrogen and oxygen atoms in total. The molecule has 2 N–H and O–H groups in total. The van der Waals surface area contributed by atoms with Gasteiger partial charge < -0.3 is 10.5 Å². The standard InChI is InChI=1S/C18H21NOS/c1-11(2)14-7-6-13(4)17(10-14)20-16-8-5-12(3)9-15(16)18(19)21/h5-11H,1-4H3,(H2,19,21). The van der Waals surface area contributed by atoms with Crippen molar-refractivity contribution in [3.8, 4) is 11.5 Å². The van der Waals surface area contributed by atoms with Crippen molar-refractivity contribution in [2.45, 2.75) is 33.6 Å². The van der Waals surface area contributed by atoms with Crippen LogP contribution >= 0.6 is 12.2 Å². The number of rotatable bonds is 4. The van der Waals surface area contributed by atoms with Crippen LogP contribution in [0.4, 0.5) is 0 Å². The van der Waals surface area contributed by atoms with E-state index >= 15 is 0 Å². The van der Waals surface area contributed by atoms with E-state index in [0.717, 1.165) is 22.4 Å². The first-order valence-electron chi connectivity index (χ1n) is 7.07. The second-order valence-corrected chi connectivity index (χ2v) is 6.09. The van der Waals surface area contributed by atoms with E-state index in [1.165, 1.54) is 5.56 Å². The zero-order valence-corrected chi connectivity index (χ0v) is 13.8. The van der Waals surface area contributed by atoms with Gasteiger partial charge in [-0.2, -0.15) is 0 Å². The van der Waals surface area contributed by atoms with Crippen molar-refractivity contribution < 1.29 is 4.74 Å². The molecule has 0 heterocycles. The molecule has 21 heavy (non-hydrogen) atoms. The predicted molar refractivity (Wildman–Crippen MR) is 92.4 cm³/mol. The fourth-order valence-corrected chi connectivity index (χ4v) is 2.29.